The van der Waals surface area contributed by atoms with Crippen LogP contribution in [-0.4, -0.2) is 11.5 Å². The third kappa shape index (κ3) is 4.24. The molecule has 20 heavy (non-hydrogen) atoms. The molecular weight excluding hydrogens is 339 g/mol. The number of hydrogen-bond acceptors (Lipinski definition) is 4. The van der Waals surface area contributed by atoms with Gasteiger partial charge in [0.15, 0.2) is 0 Å². The second-order valence-corrected chi connectivity index (χ2v) is 6.16. The molecule has 0 saturated carbocycles. The van der Waals surface area contributed by atoms with E-state index in [1.54, 1.807) is 23.5 Å². The van der Waals surface area contributed by atoms with Crippen LogP contribution in [0.1, 0.15) is 17.6 Å². The van der Waals surface area contributed by atoms with Crippen molar-refractivity contribution in [3.05, 3.63) is 43.3 Å². The molecule has 0 bridgehead atoms. The first-order valence-electron chi connectivity index (χ1n) is 6.01. The van der Waals surface area contributed by atoms with Crippen LogP contribution in [0, 0.1) is 0 Å². The number of halogens is 3. The summed E-state index contributed by atoms with van der Waals surface area (Å²) in [6.07, 6.45) is 0. The summed E-state index contributed by atoms with van der Waals surface area (Å²) >= 11 is 19.4. The van der Waals surface area contributed by atoms with Gasteiger partial charge in [0.05, 0.1) is 20.8 Å². The minimum absolute atomic E-state index is 0.348. The lowest BCUT2D eigenvalue weighted by Gasteiger charge is -2.07. The van der Waals surface area contributed by atoms with Crippen molar-refractivity contribution in [1.29, 1.82) is 0 Å². The van der Waals surface area contributed by atoms with Gasteiger partial charge in [-0.05, 0) is 12.6 Å². The Labute approximate surface area is 136 Å². The zero-order chi connectivity index (χ0) is 14.5. The SMILES string of the molecule is CCNCc1nc(COc2cc(Cl)c(Cl)cc2Cl)cs1. The Bertz CT molecular complexity index is 589. The normalized spacial score (nSPS) is 10.8. The quantitative estimate of drug-likeness (QED) is 0.760. The van der Waals surface area contributed by atoms with E-state index < -0.39 is 0 Å². The van der Waals surface area contributed by atoms with Crippen LogP contribution in [0.5, 0.6) is 5.75 Å². The lowest BCUT2D eigenvalue weighted by atomic mass is 10.3. The Kier molecular flexibility index (Phi) is 5.93. The van der Waals surface area contributed by atoms with E-state index in [1.165, 1.54) is 0 Å². The van der Waals surface area contributed by atoms with Crippen LogP contribution in [-0.2, 0) is 13.2 Å². The minimum atomic E-state index is 0.348. The van der Waals surface area contributed by atoms with Crippen molar-refractivity contribution in [3.8, 4) is 5.75 Å². The Morgan fingerprint density at radius 3 is 2.70 bits per heavy atom. The molecule has 0 amide bonds. The van der Waals surface area contributed by atoms with Crippen LogP contribution in [0.3, 0.4) is 0 Å². The zero-order valence-electron chi connectivity index (χ0n) is 10.8. The summed E-state index contributed by atoms with van der Waals surface area (Å²) in [6, 6.07) is 3.18. The van der Waals surface area contributed by atoms with E-state index in [0.29, 0.717) is 27.4 Å². The first-order chi connectivity index (χ1) is 9.60. The summed E-state index contributed by atoms with van der Waals surface area (Å²) in [5.74, 6) is 0.502. The van der Waals surface area contributed by atoms with Gasteiger partial charge in [-0.3, -0.25) is 0 Å². The monoisotopic (exact) mass is 350 g/mol. The van der Waals surface area contributed by atoms with Crippen molar-refractivity contribution in [3.63, 3.8) is 0 Å². The summed E-state index contributed by atoms with van der Waals surface area (Å²) in [7, 11) is 0. The lowest BCUT2D eigenvalue weighted by Crippen LogP contribution is -2.11. The van der Waals surface area contributed by atoms with Gasteiger partial charge in [-0.15, -0.1) is 11.3 Å². The number of ether oxygens (including phenoxy) is 1. The third-order valence-corrected chi connectivity index (χ3v) is 4.39. The fourth-order valence-corrected chi connectivity index (χ4v) is 2.83. The van der Waals surface area contributed by atoms with Crippen molar-refractivity contribution < 1.29 is 4.74 Å². The van der Waals surface area contributed by atoms with E-state index in [4.69, 9.17) is 39.5 Å². The van der Waals surface area contributed by atoms with Crippen molar-refractivity contribution in [2.45, 2.75) is 20.1 Å². The number of nitrogens with one attached hydrogen (secondary N) is 1. The molecule has 0 radical (unpaired) electrons. The molecular formula is C13H13Cl3N2OS. The fourth-order valence-electron chi connectivity index (χ4n) is 1.49. The molecule has 0 aliphatic heterocycles. The second-order valence-electron chi connectivity index (χ2n) is 4.00. The van der Waals surface area contributed by atoms with Gasteiger partial charge in [0.25, 0.3) is 0 Å². The molecule has 1 aromatic carbocycles. The highest BCUT2D eigenvalue weighted by atomic mass is 35.5. The molecule has 0 aliphatic rings. The van der Waals surface area contributed by atoms with Gasteiger partial charge in [0.1, 0.15) is 17.4 Å². The van der Waals surface area contributed by atoms with Gasteiger partial charge in [-0.25, -0.2) is 4.98 Å². The van der Waals surface area contributed by atoms with Crippen LogP contribution >= 0.6 is 46.1 Å². The van der Waals surface area contributed by atoms with Crippen molar-refractivity contribution in [2.24, 2.45) is 0 Å². The van der Waals surface area contributed by atoms with E-state index in [1.807, 2.05) is 5.38 Å². The maximum absolute atomic E-state index is 6.05. The molecule has 0 spiro atoms. The molecule has 1 heterocycles. The first-order valence-corrected chi connectivity index (χ1v) is 8.03. The summed E-state index contributed by atoms with van der Waals surface area (Å²) in [5.41, 5.74) is 0.866. The Balaban J connectivity index is 1.98. The van der Waals surface area contributed by atoms with Gasteiger partial charge >= 0.3 is 0 Å². The van der Waals surface area contributed by atoms with Crippen LogP contribution in [0.15, 0.2) is 17.5 Å². The zero-order valence-corrected chi connectivity index (χ0v) is 13.8. The van der Waals surface area contributed by atoms with Gasteiger partial charge in [0.2, 0.25) is 0 Å². The van der Waals surface area contributed by atoms with E-state index in [-0.39, 0.29) is 0 Å². The van der Waals surface area contributed by atoms with E-state index in [2.05, 4.69) is 17.2 Å². The second kappa shape index (κ2) is 7.48. The van der Waals surface area contributed by atoms with Crippen LogP contribution in [0.2, 0.25) is 15.1 Å². The summed E-state index contributed by atoms with van der Waals surface area (Å²) in [4.78, 5) is 4.46. The minimum Gasteiger partial charge on any atom is -0.486 e. The average Bonchev–Trinajstić information content (AvgIpc) is 2.87. The highest BCUT2D eigenvalue weighted by molar-refractivity contribution is 7.09. The molecule has 2 rings (SSSR count). The Morgan fingerprint density at radius 2 is 1.95 bits per heavy atom. The van der Waals surface area contributed by atoms with Crippen LogP contribution in [0.4, 0.5) is 0 Å². The maximum atomic E-state index is 6.05. The predicted octanol–water partition coefficient (Wildman–Crippen LogP) is 4.79. The maximum Gasteiger partial charge on any atom is 0.140 e. The van der Waals surface area contributed by atoms with E-state index in [9.17, 15) is 0 Å². The van der Waals surface area contributed by atoms with Crippen molar-refractivity contribution in [2.75, 3.05) is 6.54 Å². The lowest BCUT2D eigenvalue weighted by molar-refractivity contribution is 0.302. The molecule has 108 valence electrons. The molecule has 7 heteroatoms. The van der Waals surface area contributed by atoms with E-state index >= 15 is 0 Å². The van der Waals surface area contributed by atoms with Crippen molar-refractivity contribution >= 4 is 46.1 Å². The number of rotatable bonds is 6. The summed E-state index contributed by atoms with van der Waals surface area (Å²) < 4.78 is 5.63. The standard InChI is InChI=1S/C13H13Cl3N2OS/c1-2-17-5-13-18-8(7-20-13)6-19-12-4-10(15)9(14)3-11(12)16/h3-4,7,17H,2,5-6H2,1H3. The smallest absolute Gasteiger partial charge is 0.140 e. The molecule has 1 N–H and O–H groups in total. The third-order valence-electron chi connectivity index (χ3n) is 2.48. The number of benzene rings is 1. The van der Waals surface area contributed by atoms with Gasteiger partial charge in [0, 0.05) is 18.0 Å². The largest absolute Gasteiger partial charge is 0.486 e. The van der Waals surface area contributed by atoms with E-state index in [0.717, 1.165) is 23.8 Å². The fraction of sp³-hybridized carbons (Fsp3) is 0.308. The molecule has 3 nitrogen and oxygen atoms in total. The van der Waals surface area contributed by atoms with Gasteiger partial charge in [-0.1, -0.05) is 41.7 Å². The van der Waals surface area contributed by atoms with Crippen molar-refractivity contribution in [1.82, 2.24) is 10.3 Å². The van der Waals surface area contributed by atoms with Gasteiger partial charge in [-0.2, -0.15) is 0 Å². The molecule has 0 fully saturated rings. The van der Waals surface area contributed by atoms with Crippen LogP contribution in [0.25, 0.3) is 0 Å². The Hall–Kier alpha value is -0.520. The molecule has 0 saturated heterocycles. The average molecular weight is 352 g/mol. The number of hydrogen-bond donors (Lipinski definition) is 1. The Morgan fingerprint density at radius 1 is 1.20 bits per heavy atom. The molecule has 1 aromatic heterocycles. The molecule has 0 atom stereocenters. The summed E-state index contributed by atoms with van der Waals surface area (Å²) in [6.45, 7) is 4.10. The number of aromatic nitrogens is 1. The van der Waals surface area contributed by atoms with Gasteiger partial charge < -0.3 is 10.1 Å². The van der Waals surface area contributed by atoms with Crippen LogP contribution < -0.4 is 10.1 Å². The highest BCUT2D eigenvalue weighted by Crippen LogP contribution is 2.34. The topological polar surface area (TPSA) is 34.2 Å². The molecule has 0 unspecified atom stereocenters. The number of thiazole rings is 1. The molecule has 2 aromatic rings. The predicted molar refractivity (Wildman–Crippen MR) is 85.3 cm³/mol. The summed E-state index contributed by atoms with van der Waals surface area (Å²) in [5, 5.41) is 7.49. The molecule has 0 aliphatic carbocycles. The highest BCUT2D eigenvalue weighted by Gasteiger charge is 2.08. The number of nitrogens with zero attached hydrogens (tertiary/aromatic N) is 1. The first kappa shape index (κ1) is 15.9.